The standard InChI is InChI=1S/C19H28N2O4/c1-12(2)10-25-11-16(22)9-20-18(23)14-5-4-6-15(8-14)21-19(24)17-7-13(17)3/h4-6,8,12-13,16-17,22H,7,9-11H2,1-3H3,(H,20,23)(H,21,24)/t13-,16+,17+/m0/s1. The summed E-state index contributed by atoms with van der Waals surface area (Å²) in [6.45, 7) is 6.99. The van der Waals surface area contributed by atoms with Crippen molar-refractivity contribution in [1.82, 2.24) is 5.32 Å². The molecule has 1 aromatic rings. The molecule has 1 aliphatic carbocycles. The van der Waals surface area contributed by atoms with Gasteiger partial charge in [-0.25, -0.2) is 0 Å². The van der Waals surface area contributed by atoms with Gasteiger partial charge in [-0.3, -0.25) is 9.59 Å². The minimum atomic E-state index is -0.748. The van der Waals surface area contributed by atoms with Gasteiger partial charge >= 0.3 is 0 Å². The predicted molar refractivity (Wildman–Crippen MR) is 96.3 cm³/mol. The van der Waals surface area contributed by atoms with Crippen LogP contribution in [0.5, 0.6) is 0 Å². The van der Waals surface area contributed by atoms with Gasteiger partial charge in [-0.05, 0) is 36.5 Å². The molecule has 3 atom stereocenters. The second-order valence-electron chi connectivity index (χ2n) is 7.18. The average molecular weight is 348 g/mol. The van der Waals surface area contributed by atoms with Gasteiger partial charge in [-0.1, -0.05) is 26.8 Å². The van der Waals surface area contributed by atoms with Crippen LogP contribution in [0.15, 0.2) is 24.3 Å². The van der Waals surface area contributed by atoms with Gasteiger partial charge in [0.1, 0.15) is 0 Å². The van der Waals surface area contributed by atoms with Crippen molar-refractivity contribution in [3.63, 3.8) is 0 Å². The van der Waals surface area contributed by atoms with E-state index in [0.29, 0.717) is 29.7 Å². The molecule has 138 valence electrons. The number of aliphatic hydroxyl groups excluding tert-OH is 1. The fourth-order valence-electron chi connectivity index (χ4n) is 2.47. The third kappa shape index (κ3) is 6.48. The number of benzene rings is 1. The fraction of sp³-hybridized carbons (Fsp3) is 0.579. The first kappa shape index (κ1) is 19.4. The number of hydrogen-bond donors (Lipinski definition) is 3. The van der Waals surface area contributed by atoms with E-state index in [-0.39, 0.29) is 30.9 Å². The molecule has 1 aliphatic rings. The number of rotatable bonds is 9. The molecule has 0 saturated heterocycles. The van der Waals surface area contributed by atoms with Crippen molar-refractivity contribution in [3.05, 3.63) is 29.8 Å². The number of ether oxygens (including phenoxy) is 1. The molecular weight excluding hydrogens is 320 g/mol. The highest BCUT2D eigenvalue weighted by atomic mass is 16.5. The summed E-state index contributed by atoms with van der Waals surface area (Å²) in [6, 6.07) is 6.80. The van der Waals surface area contributed by atoms with E-state index in [9.17, 15) is 14.7 Å². The molecule has 25 heavy (non-hydrogen) atoms. The zero-order valence-electron chi connectivity index (χ0n) is 15.1. The molecule has 0 spiro atoms. The Kier molecular flexibility index (Phi) is 6.96. The van der Waals surface area contributed by atoms with Crippen molar-refractivity contribution < 1.29 is 19.4 Å². The van der Waals surface area contributed by atoms with E-state index in [1.165, 1.54) is 0 Å². The Morgan fingerprint density at radius 3 is 2.68 bits per heavy atom. The summed E-state index contributed by atoms with van der Waals surface area (Å²) in [6.07, 6.45) is 0.171. The molecule has 2 amide bonds. The van der Waals surface area contributed by atoms with Gasteiger partial charge in [0.25, 0.3) is 5.91 Å². The molecule has 1 fully saturated rings. The number of anilines is 1. The molecule has 3 N–H and O–H groups in total. The Labute approximate surface area is 149 Å². The zero-order valence-corrected chi connectivity index (χ0v) is 15.1. The summed E-state index contributed by atoms with van der Waals surface area (Å²) in [5.74, 6) is 0.629. The van der Waals surface area contributed by atoms with Crippen LogP contribution in [0.2, 0.25) is 0 Å². The van der Waals surface area contributed by atoms with Crippen LogP contribution in [0.3, 0.4) is 0 Å². The third-order valence-electron chi connectivity index (χ3n) is 4.10. The van der Waals surface area contributed by atoms with E-state index in [0.717, 1.165) is 6.42 Å². The van der Waals surface area contributed by atoms with Crippen LogP contribution in [0.1, 0.15) is 37.6 Å². The van der Waals surface area contributed by atoms with E-state index in [2.05, 4.69) is 10.6 Å². The quantitative estimate of drug-likeness (QED) is 0.637. The topological polar surface area (TPSA) is 87.7 Å². The minimum absolute atomic E-state index is 0.00258. The number of carbonyl (C=O) groups excluding carboxylic acids is 2. The molecule has 0 aromatic heterocycles. The van der Waals surface area contributed by atoms with Crippen molar-refractivity contribution in [3.8, 4) is 0 Å². The zero-order chi connectivity index (χ0) is 18.4. The molecular formula is C19H28N2O4. The van der Waals surface area contributed by atoms with Crippen molar-refractivity contribution in [2.45, 2.75) is 33.3 Å². The summed E-state index contributed by atoms with van der Waals surface area (Å²) in [7, 11) is 0. The van der Waals surface area contributed by atoms with Gasteiger partial charge in [0, 0.05) is 30.3 Å². The number of aliphatic hydroxyl groups is 1. The molecule has 2 rings (SSSR count). The molecule has 0 aliphatic heterocycles. The summed E-state index contributed by atoms with van der Waals surface area (Å²) < 4.78 is 5.35. The highest BCUT2D eigenvalue weighted by molar-refractivity contribution is 5.98. The summed E-state index contributed by atoms with van der Waals surface area (Å²) in [4.78, 5) is 24.2. The Bertz CT molecular complexity index is 603. The van der Waals surface area contributed by atoms with E-state index in [1.54, 1.807) is 24.3 Å². The molecule has 1 aromatic carbocycles. The normalized spacial score (nSPS) is 20.2. The lowest BCUT2D eigenvalue weighted by Gasteiger charge is -2.14. The van der Waals surface area contributed by atoms with Gasteiger partial charge in [0.15, 0.2) is 0 Å². The maximum atomic E-state index is 12.2. The lowest BCUT2D eigenvalue weighted by atomic mass is 10.1. The first-order valence-corrected chi connectivity index (χ1v) is 8.81. The van der Waals surface area contributed by atoms with Gasteiger partial charge in [-0.15, -0.1) is 0 Å². The van der Waals surface area contributed by atoms with Gasteiger partial charge in [0.2, 0.25) is 5.91 Å². The maximum absolute atomic E-state index is 12.2. The molecule has 6 heteroatoms. The van der Waals surface area contributed by atoms with Crippen LogP contribution in [0.25, 0.3) is 0 Å². The number of carbonyl (C=O) groups is 2. The number of hydrogen-bond acceptors (Lipinski definition) is 4. The predicted octanol–water partition coefficient (Wildman–Crippen LogP) is 2.04. The summed E-state index contributed by atoms with van der Waals surface area (Å²) >= 11 is 0. The van der Waals surface area contributed by atoms with Crippen LogP contribution in [-0.4, -0.2) is 42.8 Å². The van der Waals surface area contributed by atoms with E-state index < -0.39 is 6.10 Å². The van der Waals surface area contributed by atoms with Gasteiger partial charge < -0.3 is 20.5 Å². The monoisotopic (exact) mass is 348 g/mol. The van der Waals surface area contributed by atoms with E-state index in [4.69, 9.17) is 4.74 Å². The van der Waals surface area contributed by atoms with Crippen molar-refractivity contribution >= 4 is 17.5 Å². The first-order chi connectivity index (χ1) is 11.9. The molecule has 1 saturated carbocycles. The molecule has 0 radical (unpaired) electrons. The van der Waals surface area contributed by atoms with Gasteiger partial charge in [-0.2, -0.15) is 0 Å². The maximum Gasteiger partial charge on any atom is 0.251 e. The first-order valence-electron chi connectivity index (χ1n) is 8.81. The highest BCUT2D eigenvalue weighted by Crippen LogP contribution is 2.38. The van der Waals surface area contributed by atoms with Crippen LogP contribution < -0.4 is 10.6 Å². The van der Waals surface area contributed by atoms with Crippen molar-refractivity contribution in [2.24, 2.45) is 17.8 Å². The Morgan fingerprint density at radius 1 is 1.32 bits per heavy atom. The van der Waals surface area contributed by atoms with Crippen molar-refractivity contribution in [2.75, 3.05) is 25.1 Å². The van der Waals surface area contributed by atoms with Crippen LogP contribution in [-0.2, 0) is 9.53 Å². The molecule has 0 bridgehead atoms. The Hall–Kier alpha value is -1.92. The van der Waals surface area contributed by atoms with Crippen LogP contribution in [0.4, 0.5) is 5.69 Å². The van der Waals surface area contributed by atoms with E-state index >= 15 is 0 Å². The minimum Gasteiger partial charge on any atom is -0.389 e. The largest absolute Gasteiger partial charge is 0.389 e. The molecule has 6 nitrogen and oxygen atoms in total. The lowest BCUT2D eigenvalue weighted by Crippen LogP contribution is -2.34. The second-order valence-corrected chi connectivity index (χ2v) is 7.18. The average Bonchev–Trinajstić information content (AvgIpc) is 3.29. The summed E-state index contributed by atoms with van der Waals surface area (Å²) in [5, 5.41) is 15.3. The van der Waals surface area contributed by atoms with Crippen LogP contribution >= 0.6 is 0 Å². The second kappa shape index (κ2) is 8.97. The molecule has 0 unspecified atom stereocenters. The highest BCUT2D eigenvalue weighted by Gasteiger charge is 2.39. The smallest absolute Gasteiger partial charge is 0.251 e. The Balaban J connectivity index is 1.79. The summed E-state index contributed by atoms with van der Waals surface area (Å²) in [5.41, 5.74) is 1.05. The Morgan fingerprint density at radius 2 is 2.04 bits per heavy atom. The number of amides is 2. The third-order valence-corrected chi connectivity index (χ3v) is 4.10. The fourth-order valence-corrected chi connectivity index (χ4v) is 2.47. The van der Waals surface area contributed by atoms with Crippen LogP contribution in [0, 0.1) is 17.8 Å². The van der Waals surface area contributed by atoms with Crippen molar-refractivity contribution in [1.29, 1.82) is 0 Å². The molecule has 0 heterocycles. The number of nitrogens with one attached hydrogen (secondary N) is 2. The lowest BCUT2D eigenvalue weighted by molar-refractivity contribution is -0.117. The van der Waals surface area contributed by atoms with Gasteiger partial charge in [0.05, 0.1) is 12.7 Å². The SMILES string of the molecule is CC(C)COC[C@H](O)CNC(=O)c1cccc(NC(=O)[C@@H]2C[C@@H]2C)c1. The van der Waals surface area contributed by atoms with E-state index in [1.807, 2.05) is 20.8 Å².